The van der Waals surface area contributed by atoms with Gasteiger partial charge in [-0.1, -0.05) is 0 Å². The van der Waals surface area contributed by atoms with E-state index >= 15 is 0 Å². The van der Waals surface area contributed by atoms with Gasteiger partial charge in [-0.15, -0.1) is 0 Å². The molecule has 0 aliphatic carbocycles. The number of imide groups is 1. The summed E-state index contributed by atoms with van der Waals surface area (Å²) in [6.07, 6.45) is -3.24. The number of aliphatic carboxylic acids is 1. The number of likely N-dealkylation sites (tertiary alicyclic amines) is 1. The third-order valence-electron chi connectivity index (χ3n) is 4.87. The number of ether oxygens (including phenoxy) is 3. The van der Waals surface area contributed by atoms with Gasteiger partial charge in [-0.2, -0.15) is 0 Å². The fourth-order valence-corrected chi connectivity index (χ4v) is 3.34. The van der Waals surface area contributed by atoms with Gasteiger partial charge in [0.25, 0.3) is 5.69 Å². The number of benzene rings is 1. The largest absolute Gasteiger partial charge is 0.508 e. The Hall–Kier alpha value is -3.62. The molecule has 32 heavy (non-hydrogen) atoms. The van der Waals surface area contributed by atoms with Crippen molar-refractivity contribution in [1.29, 1.82) is 0 Å². The number of nitrogens with zero attached hydrogens (tertiary/aromatic N) is 2. The highest BCUT2D eigenvalue weighted by Gasteiger charge is 2.56. The Kier molecular flexibility index (Phi) is 6.97. The molecular formula is C18H18N2O12. The molecule has 2 aliphatic heterocycles. The van der Waals surface area contributed by atoms with Crippen LogP contribution < -0.4 is 0 Å². The Bertz CT molecular complexity index is 911. The quantitative estimate of drug-likeness (QED) is 0.152. The SMILES string of the molecule is CC(OC(=O)OCc1ccc([N+](=O)[O-])cc1)[C@H]1C(=O)N(C(=O)C(=O)O)[C@@H]1CC1OCOO1. The van der Waals surface area contributed by atoms with E-state index in [0.29, 0.717) is 10.5 Å². The number of non-ortho nitro benzene ring substituents is 1. The van der Waals surface area contributed by atoms with E-state index in [4.69, 9.17) is 24.2 Å². The zero-order chi connectivity index (χ0) is 23.4. The molecule has 0 saturated carbocycles. The van der Waals surface area contributed by atoms with Crippen molar-refractivity contribution in [3.8, 4) is 0 Å². The first-order chi connectivity index (χ1) is 15.2. The number of β-lactam (4-membered cyclic amide) rings is 1. The lowest BCUT2D eigenvalue weighted by Gasteiger charge is -2.46. The summed E-state index contributed by atoms with van der Waals surface area (Å²) in [5.41, 5.74) is 0.340. The second-order valence-corrected chi connectivity index (χ2v) is 6.86. The Morgan fingerprint density at radius 2 is 2.00 bits per heavy atom. The van der Waals surface area contributed by atoms with Crippen molar-refractivity contribution in [3.05, 3.63) is 39.9 Å². The Balaban J connectivity index is 1.58. The minimum absolute atomic E-state index is 0.0963. The maximum absolute atomic E-state index is 12.4. The summed E-state index contributed by atoms with van der Waals surface area (Å²) in [6.45, 7) is 0.971. The number of rotatable bonds is 7. The van der Waals surface area contributed by atoms with Crippen LogP contribution in [0.3, 0.4) is 0 Å². The highest BCUT2D eigenvalue weighted by molar-refractivity contribution is 6.35. The molecule has 1 aromatic rings. The summed E-state index contributed by atoms with van der Waals surface area (Å²) in [5, 5.41) is 19.6. The van der Waals surface area contributed by atoms with Crippen molar-refractivity contribution in [1.82, 2.24) is 4.90 Å². The normalized spacial score (nSPS) is 23.2. The molecule has 0 spiro atoms. The molecule has 14 heteroatoms. The van der Waals surface area contributed by atoms with E-state index in [1.54, 1.807) is 0 Å². The van der Waals surface area contributed by atoms with Crippen LogP contribution in [0.1, 0.15) is 18.9 Å². The molecule has 0 bridgehead atoms. The summed E-state index contributed by atoms with van der Waals surface area (Å²) < 4.78 is 15.1. The van der Waals surface area contributed by atoms with Gasteiger partial charge >= 0.3 is 18.0 Å². The molecule has 2 saturated heterocycles. The van der Waals surface area contributed by atoms with Gasteiger partial charge in [-0.3, -0.25) is 24.6 Å². The van der Waals surface area contributed by atoms with Crippen molar-refractivity contribution < 1.29 is 53.2 Å². The molecular weight excluding hydrogens is 436 g/mol. The monoisotopic (exact) mass is 454 g/mol. The van der Waals surface area contributed by atoms with Gasteiger partial charge in [0.15, 0.2) is 13.1 Å². The fourth-order valence-electron chi connectivity index (χ4n) is 3.34. The van der Waals surface area contributed by atoms with Gasteiger partial charge in [0.1, 0.15) is 12.7 Å². The minimum Gasteiger partial charge on any atom is -0.474 e. The molecule has 2 fully saturated rings. The number of hydrogen-bond donors (Lipinski definition) is 1. The molecule has 2 amide bonds. The maximum atomic E-state index is 12.4. The highest BCUT2D eigenvalue weighted by Crippen LogP contribution is 2.35. The zero-order valence-corrected chi connectivity index (χ0v) is 16.6. The van der Waals surface area contributed by atoms with E-state index in [1.807, 2.05) is 0 Å². The van der Waals surface area contributed by atoms with E-state index in [2.05, 4.69) is 4.89 Å². The van der Waals surface area contributed by atoms with Crippen LogP contribution in [0.15, 0.2) is 24.3 Å². The van der Waals surface area contributed by atoms with Crippen LogP contribution in [-0.4, -0.2) is 64.1 Å². The second-order valence-electron chi connectivity index (χ2n) is 6.86. The molecule has 0 radical (unpaired) electrons. The third kappa shape index (κ3) is 4.99. The fraction of sp³-hybridized carbons (Fsp3) is 0.444. The number of carboxylic acids is 1. The highest BCUT2D eigenvalue weighted by atomic mass is 17.3. The average Bonchev–Trinajstić information content (AvgIpc) is 3.25. The van der Waals surface area contributed by atoms with Crippen molar-refractivity contribution in [3.63, 3.8) is 0 Å². The van der Waals surface area contributed by atoms with Gasteiger partial charge in [0, 0.05) is 18.6 Å². The molecule has 4 atom stereocenters. The van der Waals surface area contributed by atoms with E-state index in [0.717, 1.165) is 0 Å². The van der Waals surface area contributed by atoms with Crippen molar-refractivity contribution in [2.24, 2.45) is 5.92 Å². The predicted octanol–water partition coefficient (Wildman–Crippen LogP) is 0.727. The van der Waals surface area contributed by atoms with Crippen LogP contribution in [0.5, 0.6) is 0 Å². The number of nitro benzene ring substituents is 1. The van der Waals surface area contributed by atoms with E-state index < -0.39 is 53.2 Å². The van der Waals surface area contributed by atoms with E-state index in [1.165, 1.54) is 31.2 Å². The summed E-state index contributed by atoms with van der Waals surface area (Å²) in [7, 11) is 0. The first kappa shape index (κ1) is 23.1. The zero-order valence-electron chi connectivity index (χ0n) is 16.6. The minimum atomic E-state index is -1.82. The standard InChI is InChI=1S/C18H18N2O12/c1-9(31-18(25)28-7-10-2-4-11(5-3-10)20(26)27)14-12(6-13-29-8-30-32-13)19(15(14)21)16(22)17(23)24/h2-5,9,12-14H,6-8H2,1H3,(H,23,24)/t9?,12-,13?,14-/m1/s1. The number of hydrogen-bond acceptors (Lipinski definition) is 11. The van der Waals surface area contributed by atoms with Gasteiger partial charge in [-0.25, -0.2) is 19.4 Å². The van der Waals surface area contributed by atoms with Gasteiger partial charge in [-0.05, 0) is 24.6 Å². The molecule has 1 aromatic carbocycles. The summed E-state index contributed by atoms with van der Waals surface area (Å²) in [5.74, 6) is -5.12. The molecule has 2 heterocycles. The van der Waals surface area contributed by atoms with Gasteiger partial charge in [0.05, 0.1) is 16.9 Å². The number of carbonyl (C=O) groups is 4. The Labute approximate surface area is 179 Å². The van der Waals surface area contributed by atoms with Crippen LogP contribution >= 0.6 is 0 Å². The van der Waals surface area contributed by atoms with Crippen LogP contribution in [0.2, 0.25) is 0 Å². The Morgan fingerprint density at radius 1 is 1.31 bits per heavy atom. The van der Waals surface area contributed by atoms with Crippen molar-refractivity contribution >= 4 is 29.6 Å². The average molecular weight is 454 g/mol. The number of carboxylic acid groups (broad SMARTS) is 1. The Morgan fingerprint density at radius 3 is 2.56 bits per heavy atom. The van der Waals surface area contributed by atoms with Gasteiger partial charge < -0.3 is 19.3 Å². The summed E-state index contributed by atoms with van der Waals surface area (Å²) in [6, 6.07) is 4.32. The topological polar surface area (TPSA) is 181 Å². The van der Waals surface area contributed by atoms with E-state index in [9.17, 15) is 29.3 Å². The maximum Gasteiger partial charge on any atom is 0.508 e. The van der Waals surface area contributed by atoms with E-state index in [-0.39, 0.29) is 25.5 Å². The molecule has 2 aliphatic rings. The molecule has 0 aromatic heterocycles. The van der Waals surface area contributed by atoms with Gasteiger partial charge in [0.2, 0.25) is 5.91 Å². The third-order valence-corrected chi connectivity index (χ3v) is 4.87. The molecule has 1 N–H and O–H groups in total. The lowest BCUT2D eigenvalue weighted by atomic mass is 9.81. The molecule has 14 nitrogen and oxygen atoms in total. The van der Waals surface area contributed by atoms with Crippen molar-refractivity contribution in [2.75, 3.05) is 6.79 Å². The summed E-state index contributed by atoms with van der Waals surface area (Å²) in [4.78, 5) is 67.3. The van der Waals surface area contributed by atoms with Crippen molar-refractivity contribution in [2.45, 2.75) is 38.4 Å². The van der Waals surface area contributed by atoms with Crippen LogP contribution in [0.25, 0.3) is 0 Å². The summed E-state index contributed by atoms with van der Waals surface area (Å²) >= 11 is 0. The first-order valence-corrected chi connectivity index (χ1v) is 9.26. The molecule has 172 valence electrons. The predicted molar refractivity (Wildman–Crippen MR) is 97.1 cm³/mol. The molecule has 2 unspecified atom stereocenters. The lowest BCUT2D eigenvalue weighted by molar-refractivity contribution is -0.384. The number of nitro groups is 1. The van der Waals surface area contributed by atoms with Crippen LogP contribution in [0.4, 0.5) is 10.5 Å². The smallest absolute Gasteiger partial charge is 0.474 e. The molecule has 3 rings (SSSR count). The van der Waals surface area contributed by atoms with Crippen LogP contribution in [0, 0.1) is 16.0 Å². The lowest BCUT2D eigenvalue weighted by Crippen LogP contribution is -2.68. The van der Waals surface area contributed by atoms with Crippen LogP contribution in [-0.2, 0) is 45.0 Å². The number of amides is 2. The number of carbonyl (C=O) groups excluding carboxylic acids is 3. The first-order valence-electron chi connectivity index (χ1n) is 9.26. The second kappa shape index (κ2) is 9.67.